The molecule has 16 heavy (non-hydrogen) atoms. The van der Waals surface area contributed by atoms with Gasteiger partial charge in [0.05, 0.1) is 13.2 Å². The van der Waals surface area contributed by atoms with Crippen LogP contribution >= 0.6 is 0 Å². The van der Waals surface area contributed by atoms with Gasteiger partial charge in [-0.1, -0.05) is 0 Å². The van der Waals surface area contributed by atoms with Gasteiger partial charge in [0.25, 0.3) is 0 Å². The van der Waals surface area contributed by atoms with Crippen molar-refractivity contribution in [3.8, 4) is 0 Å². The Hall–Kier alpha value is -0.980. The second-order valence-electron chi connectivity index (χ2n) is 3.77. The predicted molar refractivity (Wildman–Crippen MR) is 62.1 cm³/mol. The molecule has 1 rings (SSSR count). The zero-order valence-corrected chi connectivity index (χ0v) is 10.3. The molecule has 0 atom stereocenters. The first-order valence-electron chi connectivity index (χ1n) is 5.45. The first kappa shape index (κ1) is 13.1. The Balaban J connectivity index is 2.06. The Morgan fingerprint density at radius 3 is 2.94 bits per heavy atom. The molecule has 0 bridgehead atoms. The number of nitrogens with zero attached hydrogens (tertiary/aromatic N) is 4. The minimum Gasteiger partial charge on any atom is -0.383 e. The summed E-state index contributed by atoms with van der Waals surface area (Å²) in [6.07, 6.45) is 1.57. The lowest BCUT2D eigenvalue weighted by Crippen LogP contribution is -2.31. The van der Waals surface area contributed by atoms with Gasteiger partial charge in [0.1, 0.15) is 12.2 Å². The number of methoxy groups -OCH3 is 1. The fourth-order valence-electron chi connectivity index (χ4n) is 1.31. The number of aromatic nitrogens is 3. The van der Waals surface area contributed by atoms with E-state index >= 15 is 0 Å². The van der Waals surface area contributed by atoms with E-state index in [0.29, 0.717) is 0 Å². The first-order valence-corrected chi connectivity index (χ1v) is 5.45. The third kappa shape index (κ3) is 4.69. The molecular weight excluding hydrogens is 206 g/mol. The minimum atomic E-state index is 0.759. The van der Waals surface area contributed by atoms with E-state index in [0.717, 1.165) is 38.6 Å². The number of nitrogens with one attached hydrogen (secondary N) is 1. The summed E-state index contributed by atoms with van der Waals surface area (Å²) < 4.78 is 6.79. The number of aryl methyl sites for hydroxylation is 1. The van der Waals surface area contributed by atoms with Crippen molar-refractivity contribution in [1.29, 1.82) is 0 Å². The molecule has 0 spiro atoms. The zero-order chi connectivity index (χ0) is 11.8. The van der Waals surface area contributed by atoms with E-state index in [2.05, 4.69) is 27.3 Å². The van der Waals surface area contributed by atoms with Gasteiger partial charge in [-0.25, -0.2) is 4.98 Å². The summed E-state index contributed by atoms with van der Waals surface area (Å²) in [5.74, 6) is 0.958. The van der Waals surface area contributed by atoms with Crippen molar-refractivity contribution >= 4 is 0 Å². The summed E-state index contributed by atoms with van der Waals surface area (Å²) in [5, 5.41) is 7.34. The lowest BCUT2D eigenvalue weighted by Gasteiger charge is -2.15. The second-order valence-corrected chi connectivity index (χ2v) is 3.77. The summed E-state index contributed by atoms with van der Waals surface area (Å²) in [6.45, 7) is 4.44. The molecule has 6 heteroatoms. The van der Waals surface area contributed by atoms with Crippen LogP contribution in [0.4, 0.5) is 0 Å². The Bertz CT molecular complexity index is 288. The molecule has 0 unspecified atom stereocenters. The molecule has 0 aromatic carbocycles. The van der Waals surface area contributed by atoms with Gasteiger partial charge in [0.15, 0.2) is 0 Å². The van der Waals surface area contributed by atoms with Gasteiger partial charge in [0.2, 0.25) is 0 Å². The van der Waals surface area contributed by atoms with Crippen LogP contribution in [0.1, 0.15) is 5.82 Å². The average molecular weight is 227 g/mol. The monoisotopic (exact) mass is 227 g/mol. The van der Waals surface area contributed by atoms with Crippen LogP contribution in [0.15, 0.2) is 6.33 Å². The van der Waals surface area contributed by atoms with Gasteiger partial charge in [0, 0.05) is 33.8 Å². The van der Waals surface area contributed by atoms with Crippen molar-refractivity contribution in [2.24, 2.45) is 7.05 Å². The topological polar surface area (TPSA) is 55.2 Å². The molecule has 1 aromatic heterocycles. The molecule has 0 aliphatic carbocycles. The number of likely N-dealkylation sites (N-methyl/N-ethyl adjacent to an activating group) is 1. The van der Waals surface area contributed by atoms with Crippen molar-refractivity contribution in [3.63, 3.8) is 0 Å². The SMILES string of the molecule is COCCN(C)CCNCc1ncnn1C. The van der Waals surface area contributed by atoms with Gasteiger partial charge < -0.3 is 15.0 Å². The lowest BCUT2D eigenvalue weighted by atomic mass is 10.5. The summed E-state index contributed by atoms with van der Waals surface area (Å²) in [4.78, 5) is 6.37. The second kappa shape index (κ2) is 7.32. The van der Waals surface area contributed by atoms with E-state index in [1.807, 2.05) is 7.05 Å². The van der Waals surface area contributed by atoms with E-state index in [1.165, 1.54) is 0 Å². The van der Waals surface area contributed by atoms with Crippen molar-refractivity contribution in [3.05, 3.63) is 12.2 Å². The normalized spacial score (nSPS) is 11.2. The molecule has 0 fully saturated rings. The van der Waals surface area contributed by atoms with Gasteiger partial charge >= 0.3 is 0 Å². The molecule has 0 amide bonds. The molecule has 0 saturated heterocycles. The zero-order valence-electron chi connectivity index (χ0n) is 10.3. The van der Waals surface area contributed by atoms with E-state index in [-0.39, 0.29) is 0 Å². The van der Waals surface area contributed by atoms with Crippen molar-refractivity contribution in [2.45, 2.75) is 6.54 Å². The first-order chi connectivity index (χ1) is 7.74. The van der Waals surface area contributed by atoms with Crippen molar-refractivity contribution in [2.75, 3.05) is 40.4 Å². The molecule has 92 valence electrons. The molecule has 1 heterocycles. The van der Waals surface area contributed by atoms with Crippen molar-refractivity contribution < 1.29 is 4.74 Å². The predicted octanol–water partition coefficient (Wildman–Crippen LogP) is -0.517. The van der Waals surface area contributed by atoms with Crippen LogP contribution in [0.2, 0.25) is 0 Å². The molecule has 0 radical (unpaired) electrons. The highest BCUT2D eigenvalue weighted by atomic mass is 16.5. The summed E-state index contributed by atoms with van der Waals surface area (Å²) in [6, 6.07) is 0. The van der Waals surface area contributed by atoms with Crippen LogP contribution in [0.25, 0.3) is 0 Å². The standard InChI is InChI=1S/C10H21N5O/c1-14(6-7-16-3)5-4-11-8-10-12-9-13-15(10)2/h9,11H,4-8H2,1-3H3. The third-order valence-electron chi connectivity index (χ3n) is 2.44. The fraction of sp³-hybridized carbons (Fsp3) is 0.800. The maximum absolute atomic E-state index is 5.01. The Morgan fingerprint density at radius 1 is 1.50 bits per heavy atom. The highest BCUT2D eigenvalue weighted by Crippen LogP contribution is 1.89. The van der Waals surface area contributed by atoms with E-state index in [9.17, 15) is 0 Å². The fourth-order valence-corrected chi connectivity index (χ4v) is 1.31. The van der Waals surface area contributed by atoms with Gasteiger partial charge in [-0.15, -0.1) is 0 Å². The molecule has 6 nitrogen and oxygen atoms in total. The Morgan fingerprint density at radius 2 is 2.31 bits per heavy atom. The van der Waals surface area contributed by atoms with Crippen LogP contribution in [0.5, 0.6) is 0 Å². The van der Waals surface area contributed by atoms with Crippen LogP contribution in [-0.4, -0.2) is 60.1 Å². The van der Waals surface area contributed by atoms with Gasteiger partial charge in [-0.3, -0.25) is 4.68 Å². The smallest absolute Gasteiger partial charge is 0.140 e. The Kier molecular flexibility index (Phi) is 5.99. The third-order valence-corrected chi connectivity index (χ3v) is 2.44. The van der Waals surface area contributed by atoms with Crippen molar-refractivity contribution in [1.82, 2.24) is 25.0 Å². The van der Waals surface area contributed by atoms with E-state index in [4.69, 9.17) is 4.74 Å². The van der Waals surface area contributed by atoms with Crippen LogP contribution < -0.4 is 5.32 Å². The maximum Gasteiger partial charge on any atom is 0.140 e. The van der Waals surface area contributed by atoms with Crippen LogP contribution in [-0.2, 0) is 18.3 Å². The Labute approximate surface area is 96.6 Å². The molecule has 1 aromatic rings. The summed E-state index contributed by atoms with van der Waals surface area (Å²) in [5.41, 5.74) is 0. The molecule has 0 saturated carbocycles. The average Bonchev–Trinajstić information content (AvgIpc) is 2.67. The highest BCUT2D eigenvalue weighted by Gasteiger charge is 2.00. The number of hydrogen-bond acceptors (Lipinski definition) is 5. The van der Waals surface area contributed by atoms with Gasteiger partial charge in [-0.05, 0) is 7.05 Å². The lowest BCUT2D eigenvalue weighted by molar-refractivity contribution is 0.161. The summed E-state index contributed by atoms with van der Waals surface area (Å²) in [7, 11) is 5.71. The molecule has 0 aliphatic heterocycles. The highest BCUT2D eigenvalue weighted by molar-refractivity contribution is 4.81. The van der Waals surface area contributed by atoms with Crippen LogP contribution in [0.3, 0.4) is 0 Å². The number of rotatable bonds is 8. The van der Waals surface area contributed by atoms with E-state index in [1.54, 1.807) is 18.1 Å². The minimum absolute atomic E-state index is 0.759. The number of ether oxygens (including phenoxy) is 1. The quantitative estimate of drug-likeness (QED) is 0.606. The molecular formula is C10H21N5O. The number of hydrogen-bond donors (Lipinski definition) is 1. The molecule has 1 N–H and O–H groups in total. The molecule has 0 aliphatic rings. The summed E-state index contributed by atoms with van der Waals surface area (Å²) >= 11 is 0. The van der Waals surface area contributed by atoms with Crippen LogP contribution in [0, 0.1) is 0 Å². The largest absolute Gasteiger partial charge is 0.383 e. The maximum atomic E-state index is 5.01. The van der Waals surface area contributed by atoms with Gasteiger partial charge in [-0.2, -0.15) is 5.10 Å². The van der Waals surface area contributed by atoms with E-state index < -0.39 is 0 Å².